The molecule has 0 aliphatic carbocycles. The van der Waals surface area contributed by atoms with E-state index in [2.05, 4.69) is 32.6 Å². The molecule has 3 rings (SSSR count). The van der Waals surface area contributed by atoms with Gasteiger partial charge in [-0.15, -0.1) is 0 Å². The van der Waals surface area contributed by atoms with Gasteiger partial charge in [-0.3, -0.25) is 0 Å². The van der Waals surface area contributed by atoms with Crippen LogP contribution in [-0.4, -0.2) is 14.5 Å². The molecule has 0 saturated carbocycles. The summed E-state index contributed by atoms with van der Waals surface area (Å²) in [5, 5.41) is 0. The normalized spacial score (nSPS) is 11.2. The standard InChI is InChI=1S/C14H10F2IN3/c1-8-19-14-13(5-9(17)6-18-14)20(8)7-10-11(15)3-2-4-12(10)16/h2-6H,7H2,1H3. The van der Waals surface area contributed by atoms with Crippen LogP contribution in [0, 0.1) is 22.1 Å². The first-order chi connectivity index (χ1) is 9.56. The summed E-state index contributed by atoms with van der Waals surface area (Å²) in [6, 6.07) is 5.78. The van der Waals surface area contributed by atoms with E-state index in [1.165, 1.54) is 18.2 Å². The summed E-state index contributed by atoms with van der Waals surface area (Å²) < 4.78 is 30.2. The van der Waals surface area contributed by atoms with Crippen molar-refractivity contribution in [1.82, 2.24) is 14.5 Å². The van der Waals surface area contributed by atoms with E-state index < -0.39 is 11.6 Å². The molecule has 0 spiro atoms. The number of pyridine rings is 1. The van der Waals surface area contributed by atoms with Gasteiger partial charge in [0.2, 0.25) is 0 Å². The maximum absolute atomic E-state index is 13.8. The maximum Gasteiger partial charge on any atom is 0.177 e. The zero-order chi connectivity index (χ0) is 14.3. The van der Waals surface area contributed by atoms with Gasteiger partial charge in [0, 0.05) is 15.3 Å². The summed E-state index contributed by atoms with van der Waals surface area (Å²) in [4.78, 5) is 8.54. The van der Waals surface area contributed by atoms with Gasteiger partial charge in [-0.25, -0.2) is 18.7 Å². The summed E-state index contributed by atoms with van der Waals surface area (Å²) >= 11 is 2.15. The van der Waals surface area contributed by atoms with Gasteiger partial charge >= 0.3 is 0 Å². The topological polar surface area (TPSA) is 30.7 Å². The van der Waals surface area contributed by atoms with Crippen LogP contribution in [0.5, 0.6) is 0 Å². The molecule has 0 fully saturated rings. The fourth-order valence-corrected chi connectivity index (χ4v) is 2.57. The number of hydrogen-bond donors (Lipinski definition) is 0. The molecule has 0 aliphatic rings. The molecule has 0 radical (unpaired) electrons. The van der Waals surface area contributed by atoms with Crippen LogP contribution in [0.3, 0.4) is 0 Å². The molecule has 0 atom stereocenters. The minimum Gasteiger partial charge on any atom is -0.322 e. The number of aromatic nitrogens is 3. The molecule has 20 heavy (non-hydrogen) atoms. The summed E-state index contributed by atoms with van der Waals surface area (Å²) in [7, 11) is 0. The molecule has 102 valence electrons. The molecule has 0 aliphatic heterocycles. The lowest BCUT2D eigenvalue weighted by Crippen LogP contribution is -2.06. The Kier molecular flexibility index (Phi) is 3.41. The van der Waals surface area contributed by atoms with Crippen LogP contribution in [0.4, 0.5) is 8.78 Å². The highest BCUT2D eigenvalue weighted by atomic mass is 127. The monoisotopic (exact) mass is 385 g/mol. The van der Waals surface area contributed by atoms with Crippen LogP contribution in [0.25, 0.3) is 11.2 Å². The molecule has 0 amide bonds. The third-order valence-corrected chi connectivity index (χ3v) is 3.73. The zero-order valence-electron chi connectivity index (χ0n) is 10.6. The van der Waals surface area contributed by atoms with E-state index in [0.717, 1.165) is 9.09 Å². The third kappa shape index (κ3) is 2.28. The molecular weight excluding hydrogens is 375 g/mol. The zero-order valence-corrected chi connectivity index (χ0v) is 12.7. The van der Waals surface area contributed by atoms with E-state index in [1.54, 1.807) is 17.7 Å². The second-order valence-corrected chi connectivity index (χ2v) is 5.69. The first-order valence-corrected chi connectivity index (χ1v) is 7.05. The highest BCUT2D eigenvalue weighted by molar-refractivity contribution is 14.1. The van der Waals surface area contributed by atoms with Crippen molar-refractivity contribution in [3.8, 4) is 0 Å². The Morgan fingerprint density at radius 3 is 2.65 bits per heavy atom. The molecule has 3 nitrogen and oxygen atoms in total. The second-order valence-electron chi connectivity index (χ2n) is 4.44. The number of fused-ring (bicyclic) bond motifs is 1. The van der Waals surface area contributed by atoms with Crippen molar-refractivity contribution < 1.29 is 8.78 Å². The lowest BCUT2D eigenvalue weighted by Gasteiger charge is -2.09. The molecule has 1 aromatic carbocycles. The Morgan fingerprint density at radius 2 is 1.95 bits per heavy atom. The molecule has 0 bridgehead atoms. The third-order valence-electron chi connectivity index (χ3n) is 3.14. The summed E-state index contributed by atoms with van der Waals surface area (Å²) in [5.41, 5.74) is 1.39. The molecule has 6 heteroatoms. The van der Waals surface area contributed by atoms with Crippen molar-refractivity contribution >= 4 is 33.8 Å². The molecule has 0 saturated heterocycles. The average Bonchev–Trinajstić information content (AvgIpc) is 2.70. The van der Waals surface area contributed by atoms with Crippen molar-refractivity contribution in [3.05, 3.63) is 57.1 Å². The summed E-state index contributed by atoms with van der Waals surface area (Å²) in [6.07, 6.45) is 1.71. The Labute approximate surface area is 127 Å². The van der Waals surface area contributed by atoms with E-state index in [-0.39, 0.29) is 12.1 Å². The minimum absolute atomic E-state index is 0.0359. The van der Waals surface area contributed by atoms with Crippen LogP contribution in [0.1, 0.15) is 11.4 Å². The first kappa shape index (κ1) is 13.4. The Morgan fingerprint density at radius 1 is 1.25 bits per heavy atom. The number of hydrogen-bond acceptors (Lipinski definition) is 2. The quantitative estimate of drug-likeness (QED) is 0.631. The molecule has 0 N–H and O–H groups in total. The van der Waals surface area contributed by atoms with Crippen molar-refractivity contribution in [2.24, 2.45) is 0 Å². The number of halogens is 3. The van der Waals surface area contributed by atoms with Crippen LogP contribution in [0.15, 0.2) is 30.5 Å². The lowest BCUT2D eigenvalue weighted by molar-refractivity contribution is 0.545. The number of nitrogens with zero attached hydrogens (tertiary/aromatic N) is 3. The van der Waals surface area contributed by atoms with Gasteiger partial charge < -0.3 is 4.57 Å². The van der Waals surface area contributed by atoms with Crippen LogP contribution in [0.2, 0.25) is 0 Å². The van der Waals surface area contributed by atoms with Crippen LogP contribution < -0.4 is 0 Å². The Hall–Kier alpha value is -1.57. The van der Waals surface area contributed by atoms with E-state index in [9.17, 15) is 8.78 Å². The average molecular weight is 385 g/mol. The van der Waals surface area contributed by atoms with Crippen LogP contribution in [-0.2, 0) is 6.54 Å². The van der Waals surface area contributed by atoms with Crippen molar-refractivity contribution in [2.45, 2.75) is 13.5 Å². The number of benzene rings is 1. The van der Waals surface area contributed by atoms with Gasteiger partial charge in [-0.1, -0.05) is 6.07 Å². The van der Waals surface area contributed by atoms with Crippen LogP contribution >= 0.6 is 22.6 Å². The van der Waals surface area contributed by atoms with Gasteiger partial charge in [0.1, 0.15) is 17.5 Å². The second kappa shape index (κ2) is 5.08. The number of aryl methyl sites for hydroxylation is 1. The van der Waals surface area contributed by atoms with Crippen molar-refractivity contribution in [2.75, 3.05) is 0 Å². The fraction of sp³-hybridized carbons (Fsp3) is 0.143. The molecule has 2 heterocycles. The van der Waals surface area contributed by atoms with E-state index in [1.807, 2.05) is 6.07 Å². The largest absolute Gasteiger partial charge is 0.322 e. The van der Waals surface area contributed by atoms with Gasteiger partial charge in [-0.2, -0.15) is 0 Å². The maximum atomic E-state index is 13.8. The number of rotatable bonds is 2. The molecule has 0 unspecified atom stereocenters. The predicted molar refractivity (Wildman–Crippen MR) is 80.4 cm³/mol. The van der Waals surface area contributed by atoms with Crippen molar-refractivity contribution in [3.63, 3.8) is 0 Å². The Bertz CT molecular complexity index is 778. The minimum atomic E-state index is -0.551. The molecule has 3 aromatic rings. The van der Waals surface area contributed by atoms with Crippen molar-refractivity contribution in [1.29, 1.82) is 0 Å². The van der Waals surface area contributed by atoms with Gasteiger partial charge in [-0.05, 0) is 47.7 Å². The summed E-state index contributed by atoms with van der Waals surface area (Å²) in [5.74, 6) is -0.424. The smallest absolute Gasteiger partial charge is 0.177 e. The highest BCUT2D eigenvalue weighted by Gasteiger charge is 2.14. The van der Waals surface area contributed by atoms with Gasteiger partial charge in [0.15, 0.2) is 5.65 Å². The first-order valence-electron chi connectivity index (χ1n) is 5.97. The molecular formula is C14H10F2IN3. The highest BCUT2D eigenvalue weighted by Crippen LogP contribution is 2.20. The lowest BCUT2D eigenvalue weighted by atomic mass is 10.2. The van der Waals surface area contributed by atoms with Gasteiger partial charge in [0.05, 0.1) is 12.1 Å². The number of imidazole rings is 1. The van der Waals surface area contributed by atoms with E-state index in [4.69, 9.17) is 0 Å². The summed E-state index contributed by atoms with van der Waals surface area (Å²) in [6.45, 7) is 1.90. The fourth-order valence-electron chi connectivity index (χ4n) is 2.14. The molecule has 2 aromatic heterocycles. The van der Waals surface area contributed by atoms with Gasteiger partial charge in [0.25, 0.3) is 0 Å². The van der Waals surface area contributed by atoms with E-state index >= 15 is 0 Å². The Balaban J connectivity index is 2.15. The predicted octanol–water partition coefficient (Wildman–Crippen LogP) is 3.67. The SMILES string of the molecule is Cc1nc2ncc(I)cc2n1Cc1c(F)cccc1F. The van der Waals surface area contributed by atoms with E-state index in [0.29, 0.717) is 11.5 Å².